The van der Waals surface area contributed by atoms with Crippen LogP contribution in [0.5, 0.6) is 17.2 Å². The second kappa shape index (κ2) is 7.47. The Kier molecular flexibility index (Phi) is 5.38. The highest BCUT2D eigenvalue weighted by atomic mass is 16.5. The summed E-state index contributed by atoms with van der Waals surface area (Å²) in [6.07, 6.45) is 2.91. The number of aliphatic hydroxyl groups is 1. The number of phenols is 1. The summed E-state index contributed by atoms with van der Waals surface area (Å²) in [6, 6.07) is 9.66. The van der Waals surface area contributed by atoms with Gasteiger partial charge in [0.25, 0.3) is 0 Å². The molecule has 2 N–H and O–H groups in total. The third-order valence-electron chi connectivity index (χ3n) is 3.40. The zero-order valence-electron chi connectivity index (χ0n) is 12.9. The van der Waals surface area contributed by atoms with Crippen molar-refractivity contribution in [1.82, 2.24) is 0 Å². The van der Waals surface area contributed by atoms with E-state index in [2.05, 4.69) is 0 Å². The average Bonchev–Trinajstić information content (AvgIpc) is 2.59. The number of methoxy groups -OCH3 is 2. The van der Waals surface area contributed by atoms with Gasteiger partial charge >= 0.3 is 0 Å². The smallest absolute Gasteiger partial charge is 0.189 e. The first-order valence-electron chi connectivity index (χ1n) is 6.96. The molecule has 0 bridgehead atoms. The Labute approximate surface area is 134 Å². The Balaban J connectivity index is 2.35. The number of allylic oxidation sites excluding steroid dienone is 1. The zero-order chi connectivity index (χ0) is 16.8. The first-order chi connectivity index (χ1) is 11.1. The van der Waals surface area contributed by atoms with Crippen LogP contribution in [0.2, 0.25) is 0 Å². The normalized spacial score (nSPS) is 10.7. The zero-order valence-corrected chi connectivity index (χ0v) is 12.9. The molecule has 0 amide bonds. The van der Waals surface area contributed by atoms with Crippen LogP contribution in [0, 0.1) is 0 Å². The number of rotatable bonds is 6. The number of hydrogen-bond acceptors (Lipinski definition) is 5. The largest absolute Gasteiger partial charge is 0.507 e. The molecule has 0 fully saturated rings. The SMILES string of the molecule is COc1cc(/C=C/C(=O)c2ccccc2O)c(CO)cc1OC. The second-order valence-corrected chi connectivity index (χ2v) is 4.78. The monoisotopic (exact) mass is 314 g/mol. The van der Waals surface area contributed by atoms with Crippen molar-refractivity contribution in [2.75, 3.05) is 14.2 Å². The van der Waals surface area contributed by atoms with Gasteiger partial charge in [-0.3, -0.25) is 4.79 Å². The Bertz CT molecular complexity index is 734. The molecule has 5 heteroatoms. The van der Waals surface area contributed by atoms with Crippen LogP contribution in [0.25, 0.3) is 6.08 Å². The van der Waals surface area contributed by atoms with E-state index in [1.165, 1.54) is 26.4 Å². The van der Waals surface area contributed by atoms with Crippen LogP contribution in [0.1, 0.15) is 21.5 Å². The molecule has 0 aliphatic carbocycles. The van der Waals surface area contributed by atoms with Crippen LogP contribution in [-0.2, 0) is 6.61 Å². The minimum absolute atomic E-state index is 0.0724. The summed E-state index contributed by atoms with van der Waals surface area (Å²) in [4.78, 5) is 12.2. The van der Waals surface area contributed by atoms with E-state index in [0.717, 1.165) is 0 Å². The lowest BCUT2D eigenvalue weighted by Crippen LogP contribution is -1.97. The summed E-state index contributed by atoms with van der Waals surface area (Å²) in [7, 11) is 3.02. The molecule has 0 radical (unpaired) electrons. The van der Waals surface area contributed by atoms with Crippen LogP contribution in [0.4, 0.5) is 0 Å². The molecule has 2 rings (SSSR count). The van der Waals surface area contributed by atoms with Crippen molar-refractivity contribution in [3.05, 3.63) is 59.2 Å². The minimum atomic E-state index is -0.332. The summed E-state index contributed by atoms with van der Waals surface area (Å²) < 4.78 is 10.4. The number of benzene rings is 2. The first kappa shape index (κ1) is 16.6. The van der Waals surface area contributed by atoms with Crippen molar-refractivity contribution < 1.29 is 24.5 Å². The fraction of sp³-hybridized carbons (Fsp3) is 0.167. The van der Waals surface area contributed by atoms with Crippen LogP contribution in [0.15, 0.2) is 42.5 Å². The van der Waals surface area contributed by atoms with Gasteiger partial charge in [-0.2, -0.15) is 0 Å². The van der Waals surface area contributed by atoms with E-state index in [1.54, 1.807) is 36.4 Å². The molecule has 0 aliphatic heterocycles. The van der Waals surface area contributed by atoms with Crippen molar-refractivity contribution in [3.8, 4) is 17.2 Å². The number of hydrogen-bond donors (Lipinski definition) is 2. The third-order valence-corrected chi connectivity index (χ3v) is 3.40. The Morgan fingerprint density at radius 2 is 1.78 bits per heavy atom. The van der Waals surface area contributed by atoms with E-state index < -0.39 is 0 Å². The number of carbonyl (C=O) groups is 1. The quantitative estimate of drug-likeness (QED) is 0.633. The van der Waals surface area contributed by atoms with Gasteiger partial charge in [-0.25, -0.2) is 0 Å². The molecular weight excluding hydrogens is 296 g/mol. The fourth-order valence-electron chi connectivity index (χ4n) is 2.17. The van der Waals surface area contributed by atoms with Gasteiger partial charge in [-0.15, -0.1) is 0 Å². The lowest BCUT2D eigenvalue weighted by Gasteiger charge is -2.11. The Morgan fingerprint density at radius 3 is 2.39 bits per heavy atom. The van der Waals surface area contributed by atoms with Gasteiger partial charge in [0.2, 0.25) is 0 Å². The van der Waals surface area contributed by atoms with Crippen LogP contribution < -0.4 is 9.47 Å². The molecule has 0 aromatic heterocycles. The molecule has 0 saturated carbocycles. The van der Waals surface area contributed by atoms with Gasteiger partial charge in [0.1, 0.15) is 5.75 Å². The molecule has 0 unspecified atom stereocenters. The lowest BCUT2D eigenvalue weighted by atomic mass is 10.0. The number of ether oxygens (including phenoxy) is 2. The van der Waals surface area contributed by atoms with E-state index in [0.29, 0.717) is 22.6 Å². The highest BCUT2D eigenvalue weighted by Gasteiger charge is 2.10. The molecule has 0 heterocycles. The molecule has 0 aliphatic rings. The van der Waals surface area contributed by atoms with Crippen molar-refractivity contribution in [2.24, 2.45) is 0 Å². The topological polar surface area (TPSA) is 76.0 Å². The van der Waals surface area contributed by atoms with E-state index in [1.807, 2.05) is 0 Å². The molecule has 2 aromatic rings. The molecule has 23 heavy (non-hydrogen) atoms. The minimum Gasteiger partial charge on any atom is -0.507 e. The van der Waals surface area contributed by atoms with Gasteiger partial charge in [0.05, 0.1) is 26.4 Å². The van der Waals surface area contributed by atoms with Crippen LogP contribution >= 0.6 is 0 Å². The maximum Gasteiger partial charge on any atom is 0.189 e. The lowest BCUT2D eigenvalue weighted by molar-refractivity contribution is 0.104. The van der Waals surface area contributed by atoms with Gasteiger partial charge in [-0.1, -0.05) is 18.2 Å². The van der Waals surface area contributed by atoms with Crippen LogP contribution in [-0.4, -0.2) is 30.2 Å². The summed E-state index contributed by atoms with van der Waals surface area (Å²) in [5.41, 5.74) is 1.45. The number of phenolic OH excluding ortho intramolecular Hbond substituents is 1. The first-order valence-corrected chi connectivity index (χ1v) is 6.96. The van der Waals surface area contributed by atoms with Crippen molar-refractivity contribution in [2.45, 2.75) is 6.61 Å². The molecule has 0 spiro atoms. The van der Waals surface area contributed by atoms with Gasteiger partial charge in [-0.05, 0) is 41.5 Å². The van der Waals surface area contributed by atoms with Crippen molar-refractivity contribution >= 4 is 11.9 Å². The van der Waals surface area contributed by atoms with E-state index in [-0.39, 0.29) is 23.7 Å². The van der Waals surface area contributed by atoms with Gasteiger partial charge in [0.15, 0.2) is 17.3 Å². The third kappa shape index (κ3) is 3.70. The fourth-order valence-corrected chi connectivity index (χ4v) is 2.17. The van der Waals surface area contributed by atoms with Crippen molar-refractivity contribution in [1.29, 1.82) is 0 Å². The molecule has 2 aromatic carbocycles. The Hall–Kier alpha value is -2.79. The highest BCUT2D eigenvalue weighted by Crippen LogP contribution is 2.31. The predicted molar refractivity (Wildman–Crippen MR) is 86.9 cm³/mol. The number of aromatic hydroxyl groups is 1. The number of ketones is 1. The molecule has 0 atom stereocenters. The molecular formula is C18H18O5. The van der Waals surface area contributed by atoms with E-state index >= 15 is 0 Å². The number of carbonyl (C=O) groups excluding carboxylic acids is 1. The number of aliphatic hydroxyl groups excluding tert-OH is 1. The maximum atomic E-state index is 12.2. The van der Waals surface area contributed by atoms with Gasteiger partial charge < -0.3 is 19.7 Å². The summed E-state index contributed by atoms with van der Waals surface area (Å²) >= 11 is 0. The number of para-hydroxylation sites is 1. The second-order valence-electron chi connectivity index (χ2n) is 4.78. The van der Waals surface area contributed by atoms with E-state index in [4.69, 9.17) is 9.47 Å². The predicted octanol–water partition coefficient (Wildman–Crippen LogP) is 2.80. The average molecular weight is 314 g/mol. The van der Waals surface area contributed by atoms with Crippen LogP contribution in [0.3, 0.4) is 0 Å². The van der Waals surface area contributed by atoms with E-state index in [9.17, 15) is 15.0 Å². The standard InChI is InChI=1S/C18H18O5/c1-22-17-9-12(13(11-19)10-18(17)23-2)7-8-16(21)14-5-3-4-6-15(14)20/h3-10,19-20H,11H2,1-2H3/b8-7+. The summed E-state index contributed by atoms with van der Waals surface area (Å²) in [5.74, 6) is 0.596. The van der Waals surface area contributed by atoms with Crippen molar-refractivity contribution in [3.63, 3.8) is 0 Å². The maximum absolute atomic E-state index is 12.2. The highest BCUT2D eigenvalue weighted by molar-refractivity contribution is 6.08. The molecule has 5 nitrogen and oxygen atoms in total. The summed E-state index contributed by atoms with van der Waals surface area (Å²) in [5, 5.41) is 19.2. The Morgan fingerprint density at radius 1 is 1.13 bits per heavy atom. The molecule has 120 valence electrons. The van der Waals surface area contributed by atoms with Gasteiger partial charge in [0, 0.05) is 0 Å². The summed E-state index contributed by atoms with van der Waals surface area (Å²) in [6.45, 7) is -0.204. The molecule has 0 saturated heterocycles.